The number of nitrogens with zero attached hydrogens (tertiary/aromatic N) is 1. The molecule has 0 atom stereocenters. The van der Waals surface area contributed by atoms with Gasteiger partial charge in [0.05, 0.1) is 13.7 Å². The number of esters is 1. The van der Waals surface area contributed by atoms with E-state index in [1.165, 1.54) is 11.8 Å². The highest BCUT2D eigenvalue weighted by Gasteiger charge is 2.33. The van der Waals surface area contributed by atoms with Crippen LogP contribution in [0.2, 0.25) is 0 Å². The highest BCUT2D eigenvalue weighted by molar-refractivity contribution is 6.07. The van der Waals surface area contributed by atoms with Gasteiger partial charge in [-0.05, 0) is 36.4 Å². The third-order valence-corrected chi connectivity index (χ3v) is 4.74. The summed E-state index contributed by atoms with van der Waals surface area (Å²) in [6.07, 6.45) is 0. The molecule has 3 amide bonds. The third-order valence-electron chi connectivity index (χ3n) is 4.74. The van der Waals surface area contributed by atoms with Crippen molar-refractivity contribution < 1.29 is 23.9 Å². The SMILES string of the molecule is C=C(NC(=O)C(=C)N1Cc2c(Nc3ccc(NC(C)=O)cc3)cccc2C1=O)C(=O)OC. The molecule has 0 spiro atoms. The number of nitrogens with one attached hydrogen (secondary N) is 3. The average molecular weight is 434 g/mol. The quantitative estimate of drug-likeness (QED) is 0.456. The maximum atomic E-state index is 12.9. The molecule has 164 valence electrons. The fraction of sp³-hybridized carbons (Fsp3) is 0.130. The Kier molecular flexibility index (Phi) is 6.39. The van der Waals surface area contributed by atoms with E-state index in [0.29, 0.717) is 22.5 Å². The van der Waals surface area contributed by atoms with Crippen molar-refractivity contribution >= 4 is 40.8 Å². The standard InChI is InChI=1S/C23H22N4O5/c1-13(23(31)32-4)24-21(29)14(2)27-12-19-18(22(27)30)6-5-7-20(19)26-17-10-8-16(9-11-17)25-15(3)28/h5-11,26H,1-2,12H2,3-4H3,(H,24,29)(H,25,28). The highest BCUT2D eigenvalue weighted by atomic mass is 16.5. The van der Waals surface area contributed by atoms with Gasteiger partial charge in [0.2, 0.25) is 5.91 Å². The second-order valence-electron chi connectivity index (χ2n) is 6.98. The van der Waals surface area contributed by atoms with Crippen LogP contribution in [0.3, 0.4) is 0 Å². The van der Waals surface area contributed by atoms with Crippen LogP contribution in [-0.2, 0) is 25.7 Å². The molecule has 0 bridgehead atoms. The number of rotatable bonds is 7. The minimum Gasteiger partial charge on any atom is -0.464 e. The second-order valence-corrected chi connectivity index (χ2v) is 6.98. The molecule has 32 heavy (non-hydrogen) atoms. The van der Waals surface area contributed by atoms with Gasteiger partial charge in [-0.1, -0.05) is 19.2 Å². The van der Waals surface area contributed by atoms with E-state index in [2.05, 4.69) is 33.8 Å². The number of hydrogen-bond acceptors (Lipinski definition) is 6. The van der Waals surface area contributed by atoms with Gasteiger partial charge in [-0.15, -0.1) is 0 Å². The molecule has 0 aliphatic carbocycles. The van der Waals surface area contributed by atoms with Gasteiger partial charge in [-0.2, -0.15) is 0 Å². The maximum Gasteiger partial charge on any atom is 0.353 e. The number of fused-ring (bicyclic) bond motifs is 1. The summed E-state index contributed by atoms with van der Waals surface area (Å²) in [5, 5.41) is 8.23. The number of ether oxygens (including phenoxy) is 1. The average Bonchev–Trinajstić information content (AvgIpc) is 3.11. The van der Waals surface area contributed by atoms with Gasteiger partial charge in [0.25, 0.3) is 11.8 Å². The van der Waals surface area contributed by atoms with E-state index in [1.807, 2.05) is 6.07 Å². The zero-order valence-corrected chi connectivity index (χ0v) is 17.7. The van der Waals surface area contributed by atoms with E-state index >= 15 is 0 Å². The molecule has 3 N–H and O–H groups in total. The van der Waals surface area contributed by atoms with E-state index in [1.54, 1.807) is 36.4 Å². The summed E-state index contributed by atoms with van der Waals surface area (Å²) in [4.78, 5) is 49.1. The number of hydrogen-bond donors (Lipinski definition) is 3. The van der Waals surface area contributed by atoms with Gasteiger partial charge in [-0.25, -0.2) is 4.79 Å². The maximum absolute atomic E-state index is 12.9. The van der Waals surface area contributed by atoms with Crippen LogP contribution in [0, 0.1) is 0 Å². The molecule has 1 heterocycles. The number of carbonyl (C=O) groups is 4. The predicted molar refractivity (Wildman–Crippen MR) is 119 cm³/mol. The number of benzene rings is 2. The van der Waals surface area contributed by atoms with Gasteiger partial charge in [0.1, 0.15) is 11.4 Å². The summed E-state index contributed by atoms with van der Waals surface area (Å²) in [5.41, 5.74) is 2.87. The van der Waals surface area contributed by atoms with Crippen LogP contribution < -0.4 is 16.0 Å². The predicted octanol–water partition coefficient (Wildman–Crippen LogP) is 2.66. The Hall–Kier alpha value is -4.40. The van der Waals surface area contributed by atoms with Gasteiger partial charge in [0.15, 0.2) is 0 Å². The summed E-state index contributed by atoms with van der Waals surface area (Å²) in [5.74, 6) is -2.07. The number of methoxy groups -OCH3 is 1. The summed E-state index contributed by atoms with van der Waals surface area (Å²) in [6.45, 7) is 8.69. The molecule has 2 aromatic carbocycles. The molecule has 2 aromatic rings. The van der Waals surface area contributed by atoms with Crippen molar-refractivity contribution in [2.45, 2.75) is 13.5 Å². The van der Waals surface area contributed by atoms with Crippen molar-refractivity contribution in [2.24, 2.45) is 0 Å². The first kappa shape index (κ1) is 22.3. The Bertz CT molecular complexity index is 1140. The van der Waals surface area contributed by atoms with Crippen LogP contribution in [0.15, 0.2) is 67.0 Å². The minimum absolute atomic E-state index is 0.123. The minimum atomic E-state index is -0.793. The Morgan fingerprint density at radius 1 is 1.03 bits per heavy atom. The molecule has 0 saturated heterocycles. The van der Waals surface area contributed by atoms with E-state index in [-0.39, 0.29) is 29.8 Å². The van der Waals surface area contributed by atoms with E-state index < -0.39 is 11.9 Å². The zero-order chi connectivity index (χ0) is 23.4. The molecule has 1 aliphatic heterocycles. The van der Waals surface area contributed by atoms with Gasteiger partial charge < -0.3 is 20.7 Å². The van der Waals surface area contributed by atoms with Crippen molar-refractivity contribution in [2.75, 3.05) is 17.7 Å². The van der Waals surface area contributed by atoms with E-state index in [0.717, 1.165) is 12.8 Å². The Labute approximate surface area is 184 Å². The smallest absolute Gasteiger partial charge is 0.353 e. The van der Waals surface area contributed by atoms with Crippen LogP contribution in [0.5, 0.6) is 0 Å². The van der Waals surface area contributed by atoms with Crippen LogP contribution in [0.4, 0.5) is 17.1 Å². The summed E-state index contributed by atoms with van der Waals surface area (Å²) >= 11 is 0. The summed E-state index contributed by atoms with van der Waals surface area (Å²) in [6, 6.07) is 12.3. The monoisotopic (exact) mass is 434 g/mol. The third kappa shape index (κ3) is 4.67. The van der Waals surface area contributed by atoms with E-state index in [9.17, 15) is 19.2 Å². The lowest BCUT2D eigenvalue weighted by molar-refractivity contribution is -0.137. The number of anilines is 3. The van der Waals surface area contributed by atoms with Gasteiger partial charge in [-0.3, -0.25) is 19.3 Å². The summed E-state index contributed by atoms with van der Waals surface area (Å²) in [7, 11) is 1.16. The molecule has 0 saturated carbocycles. The number of carbonyl (C=O) groups excluding carboxylic acids is 4. The Morgan fingerprint density at radius 2 is 1.69 bits per heavy atom. The highest BCUT2D eigenvalue weighted by Crippen LogP contribution is 2.33. The van der Waals surface area contributed by atoms with Gasteiger partial charge >= 0.3 is 5.97 Å². The zero-order valence-electron chi connectivity index (χ0n) is 17.7. The van der Waals surface area contributed by atoms with Gasteiger partial charge in [0, 0.05) is 35.1 Å². The largest absolute Gasteiger partial charge is 0.464 e. The second kappa shape index (κ2) is 9.17. The topological polar surface area (TPSA) is 117 Å². The molecular formula is C23H22N4O5. The van der Waals surface area contributed by atoms with Crippen molar-refractivity contribution in [3.63, 3.8) is 0 Å². The fourth-order valence-corrected chi connectivity index (χ4v) is 3.17. The molecule has 0 aromatic heterocycles. The molecular weight excluding hydrogens is 412 g/mol. The van der Waals surface area contributed by atoms with Crippen LogP contribution in [0.1, 0.15) is 22.8 Å². The first-order chi connectivity index (χ1) is 15.2. The molecule has 0 unspecified atom stereocenters. The fourth-order valence-electron chi connectivity index (χ4n) is 3.17. The summed E-state index contributed by atoms with van der Waals surface area (Å²) < 4.78 is 4.50. The van der Waals surface area contributed by atoms with Crippen molar-refractivity contribution in [3.8, 4) is 0 Å². The molecule has 0 fully saturated rings. The lowest BCUT2D eigenvalue weighted by Gasteiger charge is -2.18. The van der Waals surface area contributed by atoms with Crippen molar-refractivity contribution in [1.29, 1.82) is 0 Å². The van der Waals surface area contributed by atoms with Crippen molar-refractivity contribution in [1.82, 2.24) is 10.2 Å². The normalized spacial score (nSPS) is 11.9. The van der Waals surface area contributed by atoms with Crippen molar-refractivity contribution in [3.05, 3.63) is 78.1 Å². The molecule has 9 nitrogen and oxygen atoms in total. The lowest BCUT2D eigenvalue weighted by Crippen LogP contribution is -2.36. The van der Waals surface area contributed by atoms with E-state index in [4.69, 9.17) is 0 Å². The Balaban J connectivity index is 1.76. The molecule has 1 aliphatic rings. The first-order valence-electron chi connectivity index (χ1n) is 9.57. The molecule has 3 rings (SSSR count). The molecule has 0 radical (unpaired) electrons. The molecule has 9 heteroatoms. The first-order valence-corrected chi connectivity index (χ1v) is 9.57. The van der Waals surface area contributed by atoms with Crippen LogP contribution in [-0.4, -0.2) is 35.7 Å². The van der Waals surface area contributed by atoms with Crippen LogP contribution in [0.25, 0.3) is 0 Å². The number of amides is 3. The lowest BCUT2D eigenvalue weighted by atomic mass is 10.1. The Morgan fingerprint density at radius 3 is 2.31 bits per heavy atom. The van der Waals surface area contributed by atoms with Crippen LogP contribution >= 0.6 is 0 Å².